The van der Waals surface area contributed by atoms with E-state index in [4.69, 9.17) is 4.74 Å². The number of nitrogens with one attached hydrogen (secondary N) is 1. The number of fused-ring (bicyclic) bond motifs is 4. The molecule has 1 saturated heterocycles. The summed E-state index contributed by atoms with van der Waals surface area (Å²) >= 11 is 0. The number of hydrogen-bond acceptors (Lipinski definition) is 3. The van der Waals surface area contributed by atoms with Crippen molar-refractivity contribution in [2.24, 2.45) is 0 Å². The van der Waals surface area contributed by atoms with Gasteiger partial charge in [0, 0.05) is 47.9 Å². The Morgan fingerprint density at radius 1 is 1.00 bits per heavy atom. The maximum atomic E-state index is 12.6. The van der Waals surface area contributed by atoms with Crippen LogP contribution in [0.5, 0.6) is 5.75 Å². The number of benzene rings is 3. The van der Waals surface area contributed by atoms with Gasteiger partial charge in [0.15, 0.2) is 0 Å². The number of ether oxygens (including phenoxy) is 1. The lowest BCUT2D eigenvalue weighted by molar-refractivity contribution is -0.102. The Hall–Kier alpha value is -3.08. The van der Waals surface area contributed by atoms with Crippen LogP contribution in [0, 0.1) is 6.92 Å². The van der Waals surface area contributed by atoms with E-state index in [9.17, 15) is 5.11 Å². The van der Waals surface area contributed by atoms with E-state index in [1.807, 2.05) is 6.07 Å². The molecule has 4 aromatic rings. The van der Waals surface area contributed by atoms with Gasteiger partial charge in [-0.25, -0.2) is 0 Å². The van der Waals surface area contributed by atoms with Crippen molar-refractivity contribution in [2.75, 3.05) is 26.7 Å². The number of H-pyrrole nitrogens is 1. The van der Waals surface area contributed by atoms with Crippen molar-refractivity contribution in [3.8, 4) is 5.75 Å². The molecule has 1 fully saturated rings. The monoisotopic (exact) mass is 466 g/mol. The van der Waals surface area contributed by atoms with Crippen LogP contribution in [0.3, 0.4) is 0 Å². The van der Waals surface area contributed by atoms with Crippen molar-refractivity contribution < 1.29 is 9.84 Å². The fraction of sp³-hybridized carbons (Fsp3) is 0.355. The highest BCUT2D eigenvalue weighted by Crippen LogP contribution is 2.52. The third kappa shape index (κ3) is 3.67. The molecule has 0 saturated carbocycles. The van der Waals surface area contributed by atoms with Gasteiger partial charge in [0.1, 0.15) is 5.75 Å². The highest BCUT2D eigenvalue weighted by Gasteiger charge is 2.57. The molecule has 180 valence electrons. The molecular formula is C31H34N2O2. The zero-order valence-electron chi connectivity index (χ0n) is 20.7. The third-order valence-corrected chi connectivity index (χ3v) is 8.60. The molecule has 1 aliphatic carbocycles. The number of nitrogens with zero attached hydrogens (tertiary/aromatic N) is 1. The number of aliphatic hydroxyl groups is 1. The Morgan fingerprint density at radius 2 is 1.83 bits per heavy atom. The van der Waals surface area contributed by atoms with Crippen LogP contribution in [0.25, 0.3) is 10.9 Å². The van der Waals surface area contributed by atoms with E-state index in [2.05, 4.69) is 83.5 Å². The number of aryl methyl sites for hydroxylation is 1. The van der Waals surface area contributed by atoms with Gasteiger partial charge in [-0.15, -0.1) is 0 Å². The molecule has 0 unspecified atom stereocenters. The van der Waals surface area contributed by atoms with Crippen molar-refractivity contribution in [3.63, 3.8) is 0 Å². The standard InChI is InChI=1S/C31H34N2O2/c1-22-8-6-13-26-27-19-31(34)21-33(16-14-23-9-4-3-5-10-23)17-15-30(31,20-28(27)32-29(22)26)24-11-7-12-25(18-24)35-2/h3-13,18,32,34H,14-17,19-21H2,1-2H3/t30-,31-/m0/s1. The molecule has 2 atom stereocenters. The molecule has 2 heterocycles. The zero-order chi connectivity index (χ0) is 24.0. The van der Waals surface area contributed by atoms with Crippen molar-refractivity contribution in [2.45, 2.75) is 43.6 Å². The summed E-state index contributed by atoms with van der Waals surface area (Å²) in [6.07, 6.45) is 3.39. The largest absolute Gasteiger partial charge is 0.497 e. The molecule has 4 heteroatoms. The van der Waals surface area contributed by atoms with Crippen LogP contribution >= 0.6 is 0 Å². The Balaban J connectivity index is 1.41. The average Bonchev–Trinajstić information content (AvgIpc) is 3.24. The minimum atomic E-state index is -0.861. The normalized spacial score (nSPS) is 24.2. The predicted molar refractivity (Wildman–Crippen MR) is 141 cm³/mol. The van der Waals surface area contributed by atoms with E-state index in [0.717, 1.165) is 38.1 Å². The van der Waals surface area contributed by atoms with Crippen molar-refractivity contribution in [1.82, 2.24) is 9.88 Å². The lowest BCUT2D eigenvalue weighted by Gasteiger charge is -2.56. The molecule has 35 heavy (non-hydrogen) atoms. The maximum Gasteiger partial charge on any atom is 0.119 e. The topological polar surface area (TPSA) is 48.5 Å². The summed E-state index contributed by atoms with van der Waals surface area (Å²) in [6, 6.07) is 25.6. The molecule has 6 rings (SSSR count). The van der Waals surface area contributed by atoms with Gasteiger partial charge in [0.2, 0.25) is 0 Å². The second kappa shape index (κ2) is 8.54. The van der Waals surface area contributed by atoms with Crippen LogP contribution in [0.1, 0.15) is 34.4 Å². The molecular weight excluding hydrogens is 432 g/mol. The highest BCUT2D eigenvalue weighted by molar-refractivity contribution is 5.88. The van der Waals surface area contributed by atoms with E-state index in [0.29, 0.717) is 13.0 Å². The fourth-order valence-electron chi connectivity index (χ4n) is 6.64. The van der Waals surface area contributed by atoms with Crippen LogP contribution in [0.15, 0.2) is 72.8 Å². The van der Waals surface area contributed by atoms with Gasteiger partial charge in [-0.1, -0.05) is 60.7 Å². The second-order valence-electron chi connectivity index (χ2n) is 10.5. The van der Waals surface area contributed by atoms with Gasteiger partial charge in [-0.3, -0.25) is 0 Å². The molecule has 0 spiro atoms. The van der Waals surface area contributed by atoms with Gasteiger partial charge >= 0.3 is 0 Å². The summed E-state index contributed by atoms with van der Waals surface area (Å²) < 4.78 is 5.60. The molecule has 0 radical (unpaired) electrons. The average molecular weight is 467 g/mol. The first-order valence-electron chi connectivity index (χ1n) is 12.7. The first-order chi connectivity index (χ1) is 17.0. The van der Waals surface area contributed by atoms with Crippen LogP contribution < -0.4 is 4.74 Å². The van der Waals surface area contributed by atoms with Crippen LogP contribution in [0.4, 0.5) is 0 Å². The number of rotatable bonds is 5. The molecule has 2 N–H and O–H groups in total. The first kappa shape index (κ1) is 22.4. The molecule has 1 aromatic heterocycles. The van der Waals surface area contributed by atoms with Gasteiger partial charge in [0.05, 0.1) is 12.7 Å². The van der Waals surface area contributed by atoms with E-state index in [1.165, 1.54) is 38.9 Å². The maximum absolute atomic E-state index is 12.6. The number of para-hydroxylation sites is 1. The van der Waals surface area contributed by atoms with Gasteiger partial charge in [0.25, 0.3) is 0 Å². The summed E-state index contributed by atoms with van der Waals surface area (Å²) in [6.45, 7) is 4.77. The quantitative estimate of drug-likeness (QED) is 0.425. The summed E-state index contributed by atoms with van der Waals surface area (Å²) in [7, 11) is 1.72. The van der Waals surface area contributed by atoms with E-state index >= 15 is 0 Å². The number of likely N-dealkylation sites (tertiary alicyclic amines) is 1. The lowest BCUT2D eigenvalue weighted by Crippen LogP contribution is -2.66. The molecule has 1 aliphatic heterocycles. The number of hydrogen-bond donors (Lipinski definition) is 2. The van der Waals surface area contributed by atoms with Crippen molar-refractivity contribution in [3.05, 3.63) is 101 Å². The number of aromatic nitrogens is 1. The van der Waals surface area contributed by atoms with Crippen molar-refractivity contribution in [1.29, 1.82) is 0 Å². The summed E-state index contributed by atoms with van der Waals surface area (Å²) in [5.41, 5.74) is 6.35. The van der Waals surface area contributed by atoms with Gasteiger partial charge in [-0.2, -0.15) is 0 Å². The molecule has 0 bridgehead atoms. The summed E-state index contributed by atoms with van der Waals surface area (Å²) in [4.78, 5) is 6.23. The van der Waals surface area contributed by atoms with Crippen LogP contribution in [0.2, 0.25) is 0 Å². The Kier molecular flexibility index (Phi) is 5.46. The number of piperidine rings is 1. The smallest absolute Gasteiger partial charge is 0.119 e. The Bertz CT molecular complexity index is 1360. The van der Waals surface area contributed by atoms with E-state index in [1.54, 1.807) is 7.11 Å². The highest BCUT2D eigenvalue weighted by atomic mass is 16.5. The summed E-state index contributed by atoms with van der Waals surface area (Å²) in [5, 5.41) is 13.9. The third-order valence-electron chi connectivity index (χ3n) is 8.60. The Morgan fingerprint density at radius 3 is 2.66 bits per heavy atom. The molecule has 4 nitrogen and oxygen atoms in total. The predicted octanol–water partition coefficient (Wildman–Crippen LogP) is 5.20. The van der Waals surface area contributed by atoms with Gasteiger partial charge < -0.3 is 19.7 Å². The second-order valence-corrected chi connectivity index (χ2v) is 10.5. The SMILES string of the molecule is COc1cccc([C@@]23CCN(CCc4ccccc4)C[C@@]2(O)Cc2c([nH]c4c(C)cccc24)C3)c1. The van der Waals surface area contributed by atoms with Crippen LogP contribution in [-0.4, -0.2) is 47.3 Å². The molecule has 0 amide bonds. The molecule has 3 aromatic carbocycles. The van der Waals surface area contributed by atoms with E-state index in [-0.39, 0.29) is 5.41 Å². The lowest BCUT2D eigenvalue weighted by atomic mass is 9.56. The van der Waals surface area contributed by atoms with Crippen LogP contribution in [-0.2, 0) is 24.7 Å². The Labute approximate surface area is 207 Å². The van der Waals surface area contributed by atoms with Crippen molar-refractivity contribution >= 4 is 10.9 Å². The number of β-amino-alcohol motifs (C(OH)–C–C–N with tert-alkyl or cyclic N) is 1. The minimum absolute atomic E-state index is 0.355. The number of aromatic amines is 1. The molecule has 2 aliphatic rings. The zero-order valence-corrected chi connectivity index (χ0v) is 20.7. The minimum Gasteiger partial charge on any atom is -0.497 e. The van der Waals surface area contributed by atoms with E-state index < -0.39 is 5.60 Å². The summed E-state index contributed by atoms with van der Waals surface area (Å²) in [5.74, 6) is 0.851. The number of methoxy groups -OCH3 is 1. The van der Waals surface area contributed by atoms with Gasteiger partial charge in [-0.05, 0) is 60.7 Å². The first-order valence-corrected chi connectivity index (χ1v) is 12.7. The fourth-order valence-corrected chi connectivity index (χ4v) is 6.64.